The molecule has 0 bridgehead atoms. The molecule has 0 fully saturated rings. The number of ether oxygens (including phenoxy) is 1. The number of anilines is 1. The molecule has 144 valence electrons. The Labute approximate surface area is 167 Å². The van der Waals surface area contributed by atoms with E-state index in [4.69, 9.17) is 20.8 Å². The van der Waals surface area contributed by atoms with Crippen LogP contribution in [0.5, 0.6) is 5.75 Å². The number of benzene rings is 2. The fourth-order valence-corrected chi connectivity index (χ4v) is 2.63. The Morgan fingerprint density at radius 3 is 2.68 bits per heavy atom. The van der Waals surface area contributed by atoms with Gasteiger partial charge in [-0.2, -0.15) is 0 Å². The minimum Gasteiger partial charge on any atom is -0.479 e. The van der Waals surface area contributed by atoms with E-state index in [1.54, 1.807) is 73.9 Å². The molecule has 2 amide bonds. The second-order valence-corrected chi connectivity index (χ2v) is 6.43. The second-order valence-electron chi connectivity index (χ2n) is 6.02. The van der Waals surface area contributed by atoms with E-state index in [-0.39, 0.29) is 18.4 Å². The molecule has 2 aromatic carbocycles. The van der Waals surface area contributed by atoms with Crippen LogP contribution < -0.4 is 15.4 Å². The Morgan fingerprint density at radius 2 is 1.93 bits per heavy atom. The Hall–Kier alpha value is -3.25. The molecule has 0 radical (unpaired) electrons. The highest BCUT2D eigenvalue weighted by Crippen LogP contribution is 2.24. The summed E-state index contributed by atoms with van der Waals surface area (Å²) in [5.74, 6) is 0.460. The van der Waals surface area contributed by atoms with Crippen LogP contribution in [0.25, 0.3) is 0 Å². The first-order chi connectivity index (χ1) is 13.5. The van der Waals surface area contributed by atoms with Gasteiger partial charge < -0.3 is 19.8 Å². The van der Waals surface area contributed by atoms with Crippen molar-refractivity contribution in [2.45, 2.75) is 19.6 Å². The van der Waals surface area contributed by atoms with Crippen LogP contribution >= 0.6 is 11.6 Å². The molecular formula is C21H19ClN2O4. The molecule has 3 aromatic rings. The molecule has 0 aliphatic heterocycles. The van der Waals surface area contributed by atoms with E-state index in [9.17, 15) is 9.59 Å². The minimum absolute atomic E-state index is 0.270. The van der Waals surface area contributed by atoms with E-state index in [1.165, 1.54) is 0 Å². The molecule has 0 aliphatic rings. The molecule has 6 nitrogen and oxygen atoms in total. The lowest BCUT2D eigenvalue weighted by atomic mass is 10.2. The van der Waals surface area contributed by atoms with Gasteiger partial charge in [0.2, 0.25) is 0 Å². The third-order valence-electron chi connectivity index (χ3n) is 3.91. The van der Waals surface area contributed by atoms with Crippen LogP contribution in [0, 0.1) is 0 Å². The van der Waals surface area contributed by atoms with Crippen molar-refractivity contribution in [2.75, 3.05) is 5.32 Å². The summed E-state index contributed by atoms with van der Waals surface area (Å²) < 4.78 is 10.8. The molecule has 2 N–H and O–H groups in total. The highest BCUT2D eigenvalue weighted by atomic mass is 35.5. The Bertz CT molecular complexity index is 957. The number of hydrogen-bond acceptors (Lipinski definition) is 4. The second kappa shape index (κ2) is 9.10. The van der Waals surface area contributed by atoms with E-state index in [1.807, 2.05) is 0 Å². The average Bonchev–Trinajstić information content (AvgIpc) is 3.21. The molecule has 0 saturated heterocycles. The maximum Gasteiger partial charge on any atom is 0.265 e. The molecule has 0 spiro atoms. The van der Waals surface area contributed by atoms with Crippen molar-refractivity contribution in [3.63, 3.8) is 0 Å². The number of hydrogen-bond donors (Lipinski definition) is 2. The van der Waals surface area contributed by atoms with Crippen molar-refractivity contribution < 1.29 is 18.7 Å². The van der Waals surface area contributed by atoms with Gasteiger partial charge in [0.1, 0.15) is 11.5 Å². The van der Waals surface area contributed by atoms with Crippen LogP contribution in [0.2, 0.25) is 5.02 Å². The van der Waals surface area contributed by atoms with Gasteiger partial charge in [-0.25, -0.2) is 0 Å². The van der Waals surface area contributed by atoms with Crippen molar-refractivity contribution >= 4 is 29.1 Å². The highest BCUT2D eigenvalue weighted by Gasteiger charge is 2.17. The Balaban J connectivity index is 1.59. The number of furan rings is 1. The maximum atomic E-state index is 12.4. The van der Waals surface area contributed by atoms with Gasteiger partial charge in [0.05, 0.1) is 17.8 Å². The van der Waals surface area contributed by atoms with E-state index in [0.29, 0.717) is 27.8 Å². The topological polar surface area (TPSA) is 80.6 Å². The Morgan fingerprint density at radius 1 is 1.11 bits per heavy atom. The molecule has 1 unspecified atom stereocenters. The predicted octanol–water partition coefficient (Wildman–Crippen LogP) is 4.27. The zero-order valence-electron chi connectivity index (χ0n) is 15.1. The highest BCUT2D eigenvalue weighted by molar-refractivity contribution is 6.32. The van der Waals surface area contributed by atoms with Crippen LogP contribution in [0.1, 0.15) is 23.0 Å². The summed E-state index contributed by atoms with van der Waals surface area (Å²) in [6.07, 6.45) is 0.778. The van der Waals surface area contributed by atoms with Crippen molar-refractivity contribution in [1.29, 1.82) is 0 Å². The van der Waals surface area contributed by atoms with Gasteiger partial charge >= 0.3 is 0 Å². The predicted molar refractivity (Wildman–Crippen MR) is 106 cm³/mol. The van der Waals surface area contributed by atoms with Gasteiger partial charge in [0.15, 0.2) is 6.10 Å². The zero-order valence-corrected chi connectivity index (χ0v) is 15.9. The molecule has 28 heavy (non-hydrogen) atoms. The fourth-order valence-electron chi connectivity index (χ4n) is 2.45. The summed E-state index contributed by atoms with van der Waals surface area (Å²) >= 11 is 6.05. The quantitative estimate of drug-likeness (QED) is 0.622. The van der Waals surface area contributed by atoms with E-state index < -0.39 is 6.10 Å². The molecule has 7 heteroatoms. The van der Waals surface area contributed by atoms with Crippen molar-refractivity contribution in [1.82, 2.24) is 5.32 Å². The largest absolute Gasteiger partial charge is 0.479 e. The van der Waals surface area contributed by atoms with E-state index in [2.05, 4.69) is 10.6 Å². The lowest BCUT2D eigenvalue weighted by Crippen LogP contribution is -2.30. The van der Waals surface area contributed by atoms with E-state index in [0.717, 1.165) is 0 Å². The van der Waals surface area contributed by atoms with Gasteiger partial charge in [-0.1, -0.05) is 29.8 Å². The third kappa shape index (κ3) is 5.14. The number of amides is 2. The van der Waals surface area contributed by atoms with Crippen LogP contribution in [-0.4, -0.2) is 17.9 Å². The standard InChI is InChI=1S/C21H19ClN2O4/c1-14(28-19-10-3-2-9-18(19)22)20(25)24-16-7-4-6-15(12-16)21(26)23-13-17-8-5-11-27-17/h2-12,14H,13H2,1H3,(H,23,26)(H,24,25). The first-order valence-electron chi connectivity index (χ1n) is 8.65. The fraction of sp³-hybridized carbons (Fsp3) is 0.143. The maximum absolute atomic E-state index is 12.4. The molecular weight excluding hydrogens is 380 g/mol. The van der Waals surface area contributed by atoms with Gasteiger partial charge in [-0.3, -0.25) is 9.59 Å². The van der Waals surface area contributed by atoms with Crippen LogP contribution in [0.3, 0.4) is 0 Å². The van der Waals surface area contributed by atoms with Crippen molar-refractivity contribution in [2.24, 2.45) is 0 Å². The number of halogens is 1. The summed E-state index contributed by atoms with van der Waals surface area (Å²) in [7, 11) is 0. The van der Waals surface area contributed by atoms with Crippen molar-refractivity contribution in [3.8, 4) is 5.75 Å². The number of para-hydroxylation sites is 1. The van der Waals surface area contributed by atoms with E-state index >= 15 is 0 Å². The molecule has 3 rings (SSSR count). The van der Waals surface area contributed by atoms with Crippen LogP contribution in [0.15, 0.2) is 71.3 Å². The number of carbonyl (C=O) groups is 2. The zero-order chi connectivity index (χ0) is 19.9. The molecule has 0 saturated carbocycles. The van der Waals surface area contributed by atoms with Crippen LogP contribution in [-0.2, 0) is 11.3 Å². The average molecular weight is 399 g/mol. The molecule has 1 atom stereocenters. The summed E-state index contributed by atoms with van der Waals surface area (Å²) in [4.78, 5) is 24.7. The first kappa shape index (κ1) is 19.5. The van der Waals surface area contributed by atoms with Gasteiger partial charge in [0, 0.05) is 11.3 Å². The number of nitrogens with one attached hydrogen (secondary N) is 2. The monoisotopic (exact) mass is 398 g/mol. The molecule has 0 aliphatic carbocycles. The SMILES string of the molecule is CC(Oc1ccccc1Cl)C(=O)Nc1cccc(C(=O)NCc2ccco2)c1. The van der Waals surface area contributed by atoms with Crippen LogP contribution in [0.4, 0.5) is 5.69 Å². The number of carbonyl (C=O) groups excluding carboxylic acids is 2. The normalized spacial score (nSPS) is 11.5. The smallest absolute Gasteiger partial charge is 0.265 e. The van der Waals surface area contributed by atoms with Gasteiger partial charge in [-0.05, 0) is 49.4 Å². The molecule has 1 aromatic heterocycles. The summed E-state index contributed by atoms with van der Waals surface area (Å²) in [5.41, 5.74) is 0.911. The summed E-state index contributed by atoms with van der Waals surface area (Å²) in [6.45, 7) is 1.91. The van der Waals surface area contributed by atoms with Gasteiger partial charge in [0.25, 0.3) is 11.8 Å². The molecule has 1 heterocycles. The Kier molecular flexibility index (Phi) is 6.34. The van der Waals surface area contributed by atoms with Gasteiger partial charge in [-0.15, -0.1) is 0 Å². The first-order valence-corrected chi connectivity index (χ1v) is 9.03. The lowest BCUT2D eigenvalue weighted by Gasteiger charge is -2.16. The lowest BCUT2D eigenvalue weighted by molar-refractivity contribution is -0.122. The summed E-state index contributed by atoms with van der Waals surface area (Å²) in [6, 6.07) is 17.1. The summed E-state index contributed by atoms with van der Waals surface area (Å²) in [5, 5.41) is 5.93. The number of rotatable bonds is 7. The third-order valence-corrected chi connectivity index (χ3v) is 4.22. The van der Waals surface area contributed by atoms with Crippen molar-refractivity contribution in [3.05, 3.63) is 83.3 Å². The minimum atomic E-state index is -0.767.